The van der Waals surface area contributed by atoms with Crippen LogP contribution in [0.5, 0.6) is 5.75 Å². The van der Waals surface area contributed by atoms with Crippen LogP contribution in [0, 0.1) is 5.92 Å². The fourth-order valence-electron chi connectivity index (χ4n) is 3.12. The van der Waals surface area contributed by atoms with Crippen molar-refractivity contribution in [1.29, 1.82) is 0 Å². The van der Waals surface area contributed by atoms with Gasteiger partial charge in [0.15, 0.2) is 0 Å². The van der Waals surface area contributed by atoms with Crippen molar-refractivity contribution < 1.29 is 19.1 Å². The second kappa shape index (κ2) is 12.0. The highest BCUT2D eigenvalue weighted by molar-refractivity contribution is 5.87. The maximum absolute atomic E-state index is 12.7. The van der Waals surface area contributed by atoms with E-state index in [0.29, 0.717) is 19.4 Å². The molecule has 0 saturated carbocycles. The highest BCUT2D eigenvalue weighted by Gasteiger charge is 2.26. The predicted molar refractivity (Wildman–Crippen MR) is 117 cm³/mol. The third kappa shape index (κ3) is 7.52. The van der Waals surface area contributed by atoms with Gasteiger partial charge in [-0.3, -0.25) is 4.79 Å². The number of likely N-dealkylation sites (N-methyl/N-ethyl adjacent to an activating group) is 1. The Hall–Kier alpha value is -2.86. The van der Waals surface area contributed by atoms with Gasteiger partial charge in [-0.25, -0.2) is 4.79 Å². The van der Waals surface area contributed by atoms with Crippen molar-refractivity contribution in [2.45, 2.75) is 45.4 Å². The smallest absolute Gasteiger partial charge is 0.328 e. The molecule has 2 unspecified atom stereocenters. The fraction of sp³-hybridized carbons (Fsp3) is 0.417. The molecule has 0 aromatic heterocycles. The van der Waals surface area contributed by atoms with Crippen molar-refractivity contribution in [3.05, 3.63) is 65.7 Å². The van der Waals surface area contributed by atoms with E-state index in [1.807, 2.05) is 68.4 Å². The largest absolute Gasteiger partial charge is 0.489 e. The van der Waals surface area contributed by atoms with E-state index in [-0.39, 0.29) is 11.8 Å². The summed E-state index contributed by atoms with van der Waals surface area (Å²) in [6.07, 6.45) is 1.03. The topological polar surface area (TPSA) is 76.7 Å². The highest BCUT2D eigenvalue weighted by Crippen LogP contribution is 2.16. The van der Waals surface area contributed by atoms with E-state index in [2.05, 4.69) is 10.6 Å². The summed E-state index contributed by atoms with van der Waals surface area (Å²) in [7, 11) is 3.07. The number of benzene rings is 2. The Morgan fingerprint density at radius 3 is 2.17 bits per heavy atom. The van der Waals surface area contributed by atoms with Crippen molar-refractivity contribution >= 4 is 11.9 Å². The summed E-state index contributed by atoms with van der Waals surface area (Å²) in [6, 6.07) is 16.6. The highest BCUT2D eigenvalue weighted by atomic mass is 16.5. The minimum Gasteiger partial charge on any atom is -0.489 e. The lowest BCUT2D eigenvalue weighted by molar-refractivity contribution is -0.145. The number of ether oxygens (including phenoxy) is 2. The van der Waals surface area contributed by atoms with E-state index in [1.165, 1.54) is 7.11 Å². The molecule has 2 rings (SSSR count). The molecule has 0 bridgehead atoms. The van der Waals surface area contributed by atoms with Crippen LogP contribution < -0.4 is 15.4 Å². The van der Waals surface area contributed by atoms with Crippen LogP contribution >= 0.6 is 0 Å². The van der Waals surface area contributed by atoms with Gasteiger partial charge in [0.25, 0.3) is 0 Å². The maximum atomic E-state index is 12.7. The summed E-state index contributed by atoms with van der Waals surface area (Å²) in [5.41, 5.74) is 2.10. The Morgan fingerprint density at radius 2 is 1.60 bits per heavy atom. The van der Waals surface area contributed by atoms with Gasteiger partial charge in [-0.05, 0) is 49.1 Å². The number of carbonyl (C=O) groups excluding carboxylic acids is 2. The number of rotatable bonds is 11. The summed E-state index contributed by atoms with van der Waals surface area (Å²) in [6.45, 7) is 4.50. The molecule has 0 saturated heterocycles. The van der Waals surface area contributed by atoms with Gasteiger partial charge in [-0.15, -0.1) is 0 Å². The van der Waals surface area contributed by atoms with E-state index < -0.39 is 18.1 Å². The number of carbonyl (C=O) groups is 2. The van der Waals surface area contributed by atoms with E-state index in [1.54, 1.807) is 7.05 Å². The zero-order chi connectivity index (χ0) is 21.9. The summed E-state index contributed by atoms with van der Waals surface area (Å²) in [5, 5.41) is 5.85. The maximum Gasteiger partial charge on any atom is 0.328 e. The Labute approximate surface area is 179 Å². The van der Waals surface area contributed by atoms with Gasteiger partial charge >= 0.3 is 5.97 Å². The third-order valence-corrected chi connectivity index (χ3v) is 4.79. The second-order valence-electron chi connectivity index (χ2n) is 7.68. The first-order chi connectivity index (χ1) is 14.4. The van der Waals surface area contributed by atoms with E-state index in [9.17, 15) is 9.59 Å². The molecule has 2 N–H and O–H groups in total. The molecule has 0 heterocycles. The van der Waals surface area contributed by atoms with Crippen molar-refractivity contribution in [1.82, 2.24) is 10.6 Å². The predicted octanol–water partition coefficient (Wildman–Crippen LogP) is 3.10. The van der Waals surface area contributed by atoms with Gasteiger partial charge in [0.1, 0.15) is 18.4 Å². The van der Waals surface area contributed by atoms with Gasteiger partial charge < -0.3 is 20.1 Å². The monoisotopic (exact) mass is 412 g/mol. The van der Waals surface area contributed by atoms with Crippen LogP contribution in [0.2, 0.25) is 0 Å². The molecular weight excluding hydrogens is 380 g/mol. The zero-order valence-electron chi connectivity index (χ0n) is 18.2. The van der Waals surface area contributed by atoms with Crippen molar-refractivity contribution in [2.24, 2.45) is 5.92 Å². The van der Waals surface area contributed by atoms with Gasteiger partial charge in [0.05, 0.1) is 13.2 Å². The molecule has 0 fully saturated rings. The molecule has 0 aliphatic rings. The molecule has 1 amide bonds. The summed E-state index contributed by atoms with van der Waals surface area (Å²) >= 11 is 0. The van der Waals surface area contributed by atoms with Crippen molar-refractivity contribution in [3.63, 3.8) is 0 Å². The molecule has 2 aromatic rings. The van der Waals surface area contributed by atoms with Crippen LogP contribution in [0.25, 0.3) is 0 Å². The molecule has 0 radical (unpaired) electrons. The molecule has 6 heteroatoms. The first-order valence-corrected chi connectivity index (χ1v) is 10.2. The van der Waals surface area contributed by atoms with Crippen LogP contribution in [0.1, 0.15) is 31.4 Å². The molecule has 30 heavy (non-hydrogen) atoms. The average molecular weight is 413 g/mol. The second-order valence-corrected chi connectivity index (χ2v) is 7.68. The lowest BCUT2D eigenvalue weighted by Crippen LogP contribution is -2.50. The van der Waals surface area contributed by atoms with Crippen molar-refractivity contribution in [3.8, 4) is 5.75 Å². The number of hydrogen-bond acceptors (Lipinski definition) is 5. The van der Waals surface area contributed by atoms with Crippen LogP contribution in [-0.2, 0) is 27.4 Å². The fourth-order valence-corrected chi connectivity index (χ4v) is 3.12. The van der Waals surface area contributed by atoms with Gasteiger partial charge in [0.2, 0.25) is 5.91 Å². The molecule has 162 valence electrons. The number of nitrogens with one attached hydrogen (secondary N) is 2. The lowest BCUT2D eigenvalue weighted by atomic mass is 10.0. The minimum absolute atomic E-state index is 0.224. The number of amides is 1. The van der Waals surface area contributed by atoms with Crippen LogP contribution in [-0.4, -0.2) is 38.1 Å². The van der Waals surface area contributed by atoms with E-state index >= 15 is 0 Å². The standard InChI is InChI=1S/C24H32N2O4/c1-17(2)14-22(24(28)29-4)26-23(27)21(25-3)15-18-10-12-20(13-11-18)30-16-19-8-6-5-7-9-19/h5-13,17,21-22,25H,14-16H2,1-4H3,(H,26,27). The van der Waals surface area contributed by atoms with Gasteiger partial charge in [0, 0.05) is 0 Å². The number of esters is 1. The third-order valence-electron chi connectivity index (χ3n) is 4.79. The first-order valence-electron chi connectivity index (χ1n) is 10.2. The van der Waals surface area contributed by atoms with Gasteiger partial charge in [-0.1, -0.05) is 56.3 Å². The Kier molecular flexibility index (Phi) is 9.35. The SMILES string of the molecule is CNC(Cc1ccc(OCc2ccccc2)cc1)C(=O)NC(CC(C)C)C(=O)OC. The van der Waals surface area contributed by atoms with Gasteiger partial charge in [-0.2, -0.15) is 0 Å². The number of hydrogen-bond donors (Lipinski definition) is 2. The van der Waals surface area contributed by atoms with Crippen LogP contribution in [0.3, 0.4) is 0 Å². The molecule has 0 aliphatic heterocycles. The molecule has 0 aliphatic carbocycles. The summed E-state index contributed by atoms with van der Waals surface area (Å²) in [4.78, 5) is 24.7. The Balaban J connectivity index is 1.93. The van der Waals surface area contributed by atoms with E-state index in [4.69, 9.17) is 9.47 Å². The van der Waals surface area contributed by atoms with Crippen LogP contribution in [0.15, 0.2) is 54.6 Å². The van der Waals surface area contributed by atoms with Crippen molar-refractivity contribution in [2.75, 3.05) is 14.2 Å². The molecule has 2 atom stereocenters. The zero-order valence-corrected chi connectivity index (χ0v) is 18.2. The van der Waals surface area contributed by atoms with Crippen LogP contribution in [0.4, 0.5) is 0 Å². The average Bonchev–Trinajstić information content (AvgIpc) is 2.76. The lowest BCUT2D eigenvalue weighted by Gasteiger charge is -2.22. The normalized spacial score (nSPS) is 12.8. The Morgan fingerprint density at radius 1 is 0.933 bits per heavy atom. The quantitative estimate of drug-likeness (QED) is 0.555. The summed E-state index contributed by atoms with van der Waals surface area (Å²) < 4.78 is 10.6. The summed E-state index contributed by atoms with van der Waals surface area (Å²) in [5.74, 6) is 0.381. The molecule has 2 aromatic carbocycles. The minimum atomic E-state index is -0.646. The molecule has 0 spiro atoms. The first kappa shape index (κ1) is 23.4. The molecular formula is C24H32N2O4. The molecule has 6 nitrogen and oxygen atoms in total. The number of methoxy groups -OCH3 is 1. The van der Waals surface area contributed by atoms with E-state index in [0.717, 1.165) is 16.9 Å². The Bertz CT molecular complexity index is 791.